The zero-order valence-electron chi connectivity index (χ0n) is 13.2. The van der Waals surface area contributed by atoms with Gasteiger partial charge in [0.25, 0.3) is 5.91 Å². The molecule has 0 aliphatic rings. The number of aromatic nitrogens is 2. The zero-order valence-corrected chi connectivity index (χ0v) is 13.2. The highest BCUT2D eigenvalue weighted by molar-refractivity contribution is 5.94. The number of para-hydroxylation sites is 2. The molecule has 1 heterocycles. The molecule has 130 valence electrons. The lowest BCUT2D eigenvalue weighted by Crippen LogP contribution is -2.25. The van der Waals surface area contributed by atoms with Crippen LogP contribution >= 0.6 is 0 Å². The van der Waals surface area contributed by atoms with Crippen molar-refractivity contribution in [2.45, 2.75) is 19.0 Å². The average molecular weight is 347 g/mol. The highest BCUT2D eigenvalue weighted by Gasteiger charge is 2.30. The molecule has 3 rings (SSSR count). The number of carbonyl (C=O) groups excluding carboxylic acids is 1. The van der Waals surface area contributed by atoms with Crippen molar-refractivity contribution in [2.24, 2.45) is 0 Å². The number of rotatable bonds is 5. The number of alkyl halides is 3. The van der Waals surface area contributed by atoms with E-state index >= 15 is 0 Å². The number of nitrogens with zero attached hydrogens (tertiary/aromatic N) is 1. The number of aromatic amines is 1. The van der Waals surface area contributed by atoms with Crippen LogP contribution in [0.5, 0.6) is 0 Å². The summed E-state index contributed by atoms with van der Waals surface area (Å²) in [5.41, 5.74) is 1.29. The number of fused-ring (bicyclic) bond motifs is 1. The van der Waals surface area contributed by atoms with Gasteiger partial charge in [0, 0.05) is 18.5 Å². The quantitative estimate of drug-likeness (QED) is 0.687. The van der Waals surface area contributed by atoms with Crippen LogP contribution in [0.1, 0.15) is 28.2 Å². The van der Waals surface area contributed by atoms with Crippen molar-refractivity contribution in [3.8, 4) is 0 Å². The fraction of sp³-hybridized carbons (Fsp3) is 0.222. The molecule has 1 aromatic heterocycles. The molecule has 2 N–H and O–H groups in total. The molecule has 0 unspecified atom stereocenters. The van der Waals surface area contributed by atoms with E-state index in [-0.39, 0.29) is 5.56 Å². The van der Waals surface area contributed by atoms with E-state index in [4.69, 9.17) is 0 Å². The highest BCUT2D eigenvalue weighted by atomic mass is 19.4. The summed E-state index contributed by atoms with van der Waals surface area (Å²) < 4.78 is 37.5. The number of aryl methyl sites for hydroxylation is 1. The van der Waals surface area contributed by atoms with Crippen molar-refractivity contribution in [1.29, 1.82) is 0 Å². The monoisotopic (exact) mass is 347 g/mol. The summed E-state index contributed by atoms with van der Waals surface area (Å²) in [4.78, 5) is 19.6. The number of nitrogens with one attached hydrogen (secondary N) is 2. The Morgan fingerprint density at radius 1 is 1.08 bits per heavy atom. The molecule has 0 radical (unpaired) electrons. The molecule has 0 atom stereocenters. The topological polar surface area (TPSA) is 57.8 Å². The summed E-state index contributed by atoms with van der Waals surface area (Å²) in [5, 5.41) is 2.70. The minimum Gasteiger partial charge on any atom is -0.352 e. The summed E-state index contributed by atoms with van der Waals surface area (Å²) in [6.45, 7) is 0.414. The standard InChI is InChI=1S/C18H16F3N3O/c19-18(20,21)13-9-7-12(8-10-13)17(25)22-11-3-6-16-23-14-4-1-2-5-15(14)24-16/h1-2,4-5,7-10H,3,6,11H2,(H,22,25)(H,23,24). The Kier molecular flexibility index (Phi) is 4.74. The average Bonchev–Trinajstić information content (AvgIpc) is 3.00. The zero-order chi connectivity index (χ0) is 17.9. The lowest BCUT2D eigenvalue weighted by molar-refractivity contribution is -0.137. The van der Waals surface area contributed by atoms with Gasteiger partial charge in [0.15, 0.2) is 0 Å². The largest absolute Gasteiger partial charge is 0.416 e. The lowest BCUT2D eigenvalue weighted by Gasteiger charge is -2.08. The predicted octanol–water partition coefficient (Wildman–Crippen LogP) is 3.94. The molecule has 0 spiro atoms. The third-order valence-corrected chi connectivity index (χ3v) is 3.79. The van der Waals surface area contributed by atoms with Gasteiger partial charge in [0.2, 0.25) is 0 Å². The van der Waals surface area contributed by atoms with Gasteiger partial charge in [-0.2, -0.15) is 13.2 Å². The van der Waals surface area contributed by atoms with E-state index < -0.39 is 17.6 Å². The van der Waals surface area contributed by atoms with Crippen LogP contribution < -0.4 is 5.32 Å². The van der Waals surface area contributed by atoms with Crippen molar-refractivity contribution >= 4 is 16.9 Å². The Morgan fingerprint density at radius 3 is 2.48 bits per heavy atom. The molecule has 0 bridgehead atoms. The molecule has 7 heteroatoms. The molecule has 0 saturated carbocycles. The van der Waals surface area contributed by atoms with Crippen molar-refractivity contribution in [3.05, 3.63) is 65.5 Å². The maximum Gasteiger partial charge on any atom is 0.416 e. The van der Waals surface area contributed by atoms with Crippen molar-refractivity contribution < 1.29 is 18.0 Å². The number of benzene rings is 2. The number of halogens is 3. The molecule has 25 heavy (non-hydrogen) atoms. The van der Waals surface area contributed by atoms with Crippen molar-refractivity contribution in [3.63, 3.8) is 0 Å². The Morgan fingerprint density at radius 2 is 1.80 bits per heavy atom. The molecule has 0 aliphatic carbocycles. The lowest BCUT2D eigenvalue weighted by atomic mass is 10.1. The minimum absolute atomic E-state index is 0.205. The van der Waals surface area contributed by atoms with E-state index in [0.717, 1.165) is 29.0 Å². The molecule has 3 aromatic rings. The molecule has 0 saturated heterocycles. The Bertz CT molecular complexity index is 836. The van der Waals surface area contributed by atoms with Crippen LogP contribution in [0.2, 0.25) is 0 Å². The first-order chi connectivity index (χ1) is 11.9. The fourth-order valence-corrected chi connectivity index (χ4v) is 2.49. The highest BCUT2D eigenvalue weighted by Crippen LogP contribution is 2.29. The number of hydrogen-bond acceptors (Lipinski definition) is 2. The van der Waals surface area contributed by atoms with E-state index in [2.05, 4.69) is 15.3 Å². The number of hydrogen-bond donors (Lipinski definition) is 2. The third kappa shape index (κ3) is 4.17. The summed E-state index contributed by atoms with van der Waals surface area (Å²) in [6, 6.07) is 11.9. The first-order valence-corrected chi connectivity index (χ1v) is 7.82. The van der Waals surface area contributed by atoms with Crippen LogP contribution in [-0.2, 0) is 12.6 Å². The second-order valence-electron chi connectivity index (χ2n) is 5.64. The molecular formula is C18H16F3N3O. The van der Waals surface area contributed by atoms with Crippen LogP contribution in [0.15, 0.2) is 48.5 Å². The van der Waals surface area contributed by atoms with Gasteiger partial charge in [-0.05, 0) is 42.8 Å². The Labute approximate surface area is 142 Å². The summed E-state index contributed by atoms with van der Waals surface area (Å²) >= 11 is 0. The normalized spacial score (nSPS) is 11.6. The van der Waals surface area contributed by atoms with Crippen molar-refractivity contribution in [2.75, 3.05) is 6.54 Å². The van der Waals surface area contributed by atoms with E-state index in [1.165, 1.54) is 12.1 Å². The minimum atomic E-state index is -4.40. The van der Waals surface area contributed by atoms with E-state index in [1.807, 2.05) is 24.3 Å². The van der Waals surface area contributed by atoms with E-state index in [9.17, 15) is 18.0 Å². The van der Waals surface area contributed by atoms with Gasteiger partial charge < -0.3 is 10.3 Å². The van der Waals surface area contributed by atoms with Gasteiger partial charge in [-0.1, -0.05) is 12.1 Å². The van der Waals surface area contributed by atoms with Crippen LogP contribution in [0.4, 0.5) is 13.2 Å². The molecule has 4 nitrogen and oxygen atoms in total. The van der Waals surface area contributed by atoms with Gasteiger partial charge in [-0.25, -0.2) is 4.98 Å². The van der Waals surface area contributed by atoms with Gasteiger partial charge in [-0.3, -0.25) is 4.79 Å². The van der Waals surface area contributed by atoms with Crippen molar-refractivity contribution in [1.82, 2.24) is 15.3 Å². The van der Waals surface area contributed by atoms with Gasteiger partial charge in [0.1, 0.15) is 5.82 Å². The molecule has 0 fully saturated rings. The maximum atomic E-state index is 12.5. The first-order valence-electron chi connectivity index (χ1n) is 7.82. The van der Waals surface area contributed by atoms with Gasteiger partial charge >= 0.3 is 6.18 Å². The molecular weight excluding hydrogens is 331 g/mol. The van der Waals surface area contributed by atoms with Crippen LogP contribution in [0, 0.1) is 0 Å². The molecule has 1 amide bonds. The molecule has 0 aliphatic heterocycles. The second kappa shape index (κ2) is 6.96. The van der Waals surface area contributed by atoms with E-state index in [0.29, 0.717) is 19.4 Å². The summed E-state index contributed by atoms with van der Waals surface area (Å²) in [5.74, 6) is 0.448. The summed E-state index contributed by atoms with van der Waals surface area (Å²) in [7, 11) is 0. The number of amides is 1. The Hall–Kier alpha value is -2.83. The van der Waals surface area contributed by atoms with Crippen LogP contribution in [-0.4, -0.2) is 22.4 Å². The van der Waals surface area contributed by atoms with E-state index in [1.54, 1.807) is 0 Å². The predicted molar refractivity (Wildman–Crippen MR) is 88.2 cm³/mol. The fourth-order valence-electron chi connectivity index (χ4n) is 2.49. The maximum absolute atomic E-state index is 12.5. The smallest absolute Gasteiger partial charge is 0.352 e. The number of H-pyrrole nitrogens is 1. The van der Waals surface area contributed by atoms with Crippen LogP contribution in [0.3, 0.4) is 0 Å². The Balaban J connectivity index is 1.49. The van der Waals surface area contributed by atoms with Gasteiger partial charge in [0.05, 0.1) is 16.6 Å². The summed E-state index contributed by atoms with van der Waals surface area (Å²) in [6.07, 6.45) is -3.06. The molecule has 2 aromatic carbocycles. The third-order valence-electron chi connectivity index (χ3n) is 3.79. The number of imidazole rings is 1. The van der Waals surface area contributed by atoms with Crippen LogP contribution in [0.25, 0.3) is 11.0 Å². The van der Waals surface area contributed by atoms with Gasteiger partial charge in [-0.15, -0.1) is 0 Å². The number of carbonyl (C=O) groups is 1. The second-order valence-corrected chi connectivity index (χ2v) is 5.64. The SMILES string of the molecule is O=C(NCCCc1nc2ccccc2[nH]1)c1ccc(C(F)(F)F)cc1. The first kappa shape index (κ1) is 17.0.